The Kier molecular flexibility index (Phi) is 7.08. The number of aldehydes is 1. The van der Waals surface area contributed by atoms with Crippen LogP contribution >= 0.6 is 0 Å². The van der Waals surface area contributed by atoms with Crippen molar-refractivity contribution in [3.63, 3.8) is 0 Å². The van der Waals surface area contributed by atoms with Gasteiger partial charge in [0.2, 0.25) is 0 Å². The molecule has 0 unspecified atom stereocenters. The second-order valence-electron chi connectivity index (χ2n) is 8.87. The van der Waals surface area contributed by atoms with E-state index >= 15 is 0 Å². The Bertz CT molecular complexity index is 580. The van der Waals surface area contributed by atoms with Gasteiger partial charge in [-0.15, -0.1) is 6.58 Å². The molecule has 160 valence electrons. The highest BCUT2D eigenvalue weighted by Gasteiger charge is 2.66. The minimum Gasteiger partial charge on any atom is -0.458 e. The average Bonchev–Trinajstić information content (AvgIpc) is 3.03. The summed E-state index contributed by atoms with van der Waals surface area (Å²) in [5, 5.41) is 0. The van der Waals surface area contributed by atoms with Crippen LogP contribution < -0.4 is 0 Å². The number of hydrogen-bond donors (Lipinski definition) is 0. The van der Waals surface area contributed by atoms with Gasteiger partial charge in [0, 0.05) is 13.0 Å². The third-order valence-corrected chi connectivity index (χ3v) is 4.88. The van der Waals surface area contributed by atoms with Crippen LogP contribution in [-0.2, 0) is 33.3 Å². The molecule has 0 spiro atoms. The van der Waals surface area contributed by atoms with Gasteiger partial charge in [0.05, 0.1) is 5.41 Å². The summed E-state index contributed by atoms with van der Waals surface area (Å²) in [6, 6.07) is 0. The highest BCUT2D eigenvalue weighted by molar-refractivity contribution is 5.76. The summed E-state index contributed by atoms with van der Waals surface area (Å²) in [5.74, 6) is -1.29. The van der Waals surface area contributed by atoms with Crippen LogP contribution in [0.25, 0.3) is 0 Å². The van der Waals surface area contributed by atoms with E-state index in [1.807, 2.05) is 6.92 Å². The molecule has 0 aromatic rings. The maximum atomic E-state index is 12.6. The number of ether oxygens (including phenoxy) is 5. The minimum atomic E-state index is -1.53. The predicted molar refractivity (Wildman–Crippen MR) is 103 cm³/mol. The summed E-state index contributed by atoms with van der Waals surface area (Å²) in [6.07, 6.45) is 1.20. The van der Waals surface area contributed by atoms with E-state index in [0.29, 0.717) is 12.9 Å². The Morgan fingerprint density at radius 1 is 1.25 bits per heavy atom. The lowest BCUT2D eigenvalue weighted by molar-refractivity contribution is -0.256. The highest BCUT2D eigenvalue weighted by Crippen LogP contribution is 2.46. The van der Waals surface area contributed by atoms with E-state index < -0.39 is 47.4 Å². The van der Waals surface area contributed by atoms with E-state index in [1.165, 1.54) is 0 Å². The Hall–Kier alpha value is -1.28. The Balaban J connectivity index is 2.36. The van der Waals surface area contributed by atoms with Crippen molar-refractivity contribution in [1.82, 2.24) is 0 Å². The van der Waals surface area contributed by atoms with Crippen LogP contribution in [0.1, 0.15) is 60.8 Å². The van der Waals surface area contributed by atoms with Crippen molar-refractivity contribution in [1.29, 1.82) is 0 Å². The summed E-state index contributed by atoms with van der Waals surface area (Å²) in [6.45, 7) is 15.0. The van der Waals surface area contributed by atoms with E-state index in [9.17, 15) is 9.59 Å². The monoisotopic (exact) mass is 398 g/mol. The van der Waals surface area contributed by atoms with Crippen LogP contribution in [-0.4, -0.2) is 54.9 Å². The SMILES string of the molecule is C=CC[C@H](OC(=O)C(C)(C)C)[C@@]1(C=O)O[C@@H]2OC(C)(C)O[C@@H]2[C@H]1OCCCC. The van der Waals surface area contributed by atoms with Gasteiger partial charge >= 0.3 is 5.97 Å². The third-order valence-electron chi connectivity index (χ3n) is 4.88. The van der Waals surface area contributed by atoms with E-state index in [1.54, 1.807) is 40.7 Å². The second kappa shape index (κ2) is 8.61. The second-order valence-corrected chi connectivity index (χ2v) is 8.87. The number of unbranched alkanes of at least 4 members (excludes halogenated alkanes) is 1. The molecule has 2 aliphatic heterocycles. The molecule has 7 nitrogen and oxygen atoms in total. The molecule has 0 saturated carbocycles. The molecule has 2 aliphatic rings. The standard InChI is InChI=1S/C21H34O7/c1-8-10-12-24-16-15-17(27-20(6,7)26-15)28-21(16,13-22)14(11-9-2)25-18(23)19(3,4)5/h9,13-17H,2,8,10-12H2,1,3-7H3/t14-,15+,16+,17-,21+/m0/s1. The van der Waals surface area contributed by atoms with Gasteiger partial charge in [0.1, 0.15) is 18.3 Å². The van der Waals surface area contributed by atoms with Crippen LogP contribution in [0.5, 0.6) is 0 Å². The average molecular weight is 398 g/mol. The molecule has 5 atom stereocenters. The molecule has 0 bridgehead atoms. The number of rotatable bonds is 9. The van der Waals surface area contributed by atoms with Crippen molar-refractivity contribution < 1.29 is 33.3 Å². The van der Waals surface area contributed by atoms with Gasteiger partial charge in [0.25, 0.3) is 0 Å². The lowest BCUT2D eigenvalue weighted by Gasteiger charge is -2.38. The zero-order valence-electron chi connectivity index (χ0n) is 17.9. The maximum Gasteiger partial charge on any atom is 0.311 e. The van der Waals surface area contributed by atoms with Crippen molar-refractivity contribution in [3.8, 4) is 0 Å². The van der Waals surface area contributed by atoms with Gasteiger partial charge in [0.15, 0.2) is 24.0 Å². The number of hydrogen-bond acceptors (Lipinski definition) is 7. The molecule has 28 heavy (non-hydrogen) atoms. The van der Waals surface area contributed by atoms with Crippen LogP contribution in [0.15, 0.2) is 12.7 Å². The fourth-order valence-electron chi connectivity index (χ4n) is 3.37. The predicted octanol–water partition coefficient (Wildman–Crippen LogP) is 3.15. The lowest BCUT2D eigenvalue weighted by Crippen LogP contribution is -2.57. The first-order valence-corrected chi connectivity index (χ1v) is 9.94. The first-order chi connectivity index (χ1) is 13.0. The van der Waals surface area contributed by atoms with E-state index in [-0.39, 0.29) is 6.42 Å². The van der Waals surface area contributed by atoms with Crippen molar-refractivity contribution in [3.05, 3.63) is 12.7 Å². The first kappa shape index (κ1) is 23.0. The van der Waals surface area contributed by atoms with Gasteiger partial charge in [-0.3, -0.25) is 9.59 Å². The van der Waals surface area contributed by atoms with Crippen molar-refractivity contribution in [2.45, 2.75) is 96.8 Å². The van der Waals surface area contributed by atoms with Gasteiger partial charge in [-0.2, -0.15) is 0 Å². The quantitative estimate of drug-likeness (QED) is 0.255. The van der Waals surface area contributed by atoms with Gasteiger partial charge in [-0.05, 0) is 41.0 Å². The lowest BCUT2D eigenvalue weighted by atomic mass is 9.87. The summed E-state index contributed by atoms with van der Waals surface area (Å²) in [5.41, 5.74) is -2.26. The van der Waals surface area contributed by atoms with Crippen molar-refractivity contribution >= 4 is 12.3 Å². The van der Waals surface area contributed by atoms with E-state index in [2.05, 4.69) is 6.58 Å². The Labute approximate surface area is 167 Å². The normalized spacial score (nSPS) is 32.6. The minimum absolute atomic E-state index is 0.233. The maximum absolute atomic E-state index is 12.6. The molecule has 2 fully saturated rings. The van der Waals surface area contributed by atoms with Crippen LogP contribution in [0.4, 0.5) is 0 Å². The van der Waals surface area contributed by atoms with Crippen LogP contribution in [0.3, 0.4) is 0 Å². The molecule has 2 rings (SSSR count). The smallest absolute Gasteiger partial charge is 0.311 e. The molecule has 0 aromatic carbocycles. The highest BCUT2D eigenvalue weighted by atomic mass is 16.8. The Morgan fingerprint density at radius 2 is 1.93 bits per heavy atom. The number of fused-ring (bicyclic) bond motifs is 1. The van der Waals surface area contributed by atoms with Gasteiger partial charge < -0.3 is 23.7 Å². The topological polar surface area (TPSA) is 80.3 Å². The number of carbonyl (C=O) groups is 2. The van der Waals surface area contributed by atoms with Crippen LogP contribution in [0.2, 0.25) is 0 Å². The molecule has 0 aliphatic carbocycles. The van der Waals surface area contributed by atoms with E-state index in [0.717, 1.165) is 12.8 Å². The summed E-state index contributed by atoms with van der Waals surface area (Å²) in [7, 11) is 0. The van der Waals surface area contributed by atoms with Crippen molar-refractivity contribution in [2.75, 3.05) is 6.61 Å². The molecule has 2 heterocycles. The fourth-order valence-corrected chi connectivity index (χ4v) is 3.37. The zero-order valence-corrected chi connectivity index (χ0v) is 17.9. The fraction of sp³-hybridized carbons (Fsp3) is 0.810. The van der Waals surface area contributed by atoms with E-state index in [4.69, 9.17) is 23.7 Å². The number of esters is 1. The molecule has 0 N–H and O–H groups in total. The van der Waals surface area contributed by atoms with Crippen LogP contribution in [0, 0.1) is 5.41 Å². The van der Waals surface area contributed by atoms with Gasteiger partial charge in [-0.1, -0.05) is 19.4 Å². The Morgan fingerprint density at radius 3 is 2.46 bits per heavy atom. The first-order valence-electron chi connectivity index (χ1n) is 9.94. The molecular formula is C21H34O7. The van der Waals surface area contributed by atoms with Crippen molar-refractivity contribution in [2.24, 2.45) is 5.41 Å². The summed E-state index contributed by atoms with van der Waals surface area (Å²) < 4.78 is 29.7. The summed E-state index contributed by atoms with van der Waals surface area (Å²) >= 11 is 0. The molecule has 0 amide bonds. The molecule has 7 heteroatoms. The zero-order chi connectivity index (χ0) is 21.2. The van der Waals surface area contributed by atoms with Gasteiger partial charge in [-0.25, -0.2) is 0 Å². The molecule has 0 aromatic heterocycles. The molecular weight excluding hydrogens is 364 g/mol. The molecule has 2 saturated heterocycles. The summed E-state index contributed by atoms with van der Waals surface area (Å²) in [4.78, 5) is 24.9. The largest absolute Gasteiger partial charge is 0.458 e. The molecule has 0 radical (unpaired) electrons. The number of carbonyl (C=O) groups excluding carboxylic acids is 2. The third kappa shape index (κ3) is 4.64.